The molecular formula is C18H19NO3. The number of carbonyl (C=O) groups excluding carboxylic acids is 2. The van der Waals surface area contributed by atoms with E-state index in [1.165, 1.54) is 14.0 Å². The maximum atomic E-state index is 12.2. The van der Waals surface area contributed by atoms with E-state index in [2.05, 4.69) is 11.9 Å². The smallest absolute Gasteiger partial charge is 0.339 e. The van der Waals surface area contributed by atoms with Crippen LogP contribution in [-0.4, -0.2) is 24.4 Å². The number of ketones is 1. The van der Waals surface area contributed by atoms with Crippen LogP contribution >= 0.6 is 0 Å². The molecule has 0 fully saturated rings. The predicted octanol–water partition coefficient (Wildman–Crippen LogP) is 3.25. The highest BCUT2D eigenvalue weighted by Crippen LogP contribution is 2.30. The van der Waals surface area contributed by atoms with Gasteiger partial charge in [-0.1, -0.05) is 43.0 Å². The highest BCUT2D eigenvalue weighted by Gasteiger charge is 2.41. The predicted molar refractivity (Wildman–Crippen MR) is 87.9 cm³/mol. The molecule has 1 N–H and O–H groups in total. The van der Waals surface area contributed by atoms with Crippen LogP contribution in [0.4, 0.5) is 5.69 Å². The number of hydrogen-bond acceptors (Lipinski definition) is 4. The molecule has 0 aromatic heterocycles. The molecule has 2 rings (SSSR count). The summed E-state index contributed by atoms with van der Waals surface area (Å²) in [5, 5.41) is 5.03. The third-order valence-corrected chi connectivity index (χ3v) is 3.78. The van der Waals surface area contributed by atoms with E-state index in [4.69, 9.17) is 4.74 Å². The van der Waals surface area contributed by atoms with Crippen LogP contribution in [-0.2, 0) is 14.3 Å². The SMILES string of the molecule is C=CC(=O)[C@@](C)(Nc1c(C)ccc2ccccc12)C(=O)OC. The lowest BCUT2D eigenvalue weighted by Crippen LogP contribution is -2.50. The summed E-state index contributed by atoms with van der Waals surface area (Å²) in [5.41, 5.74) is 0.164. The molecule has 0 bridgehead atoms. The van der Waals surface area contributed by atoms with Crippen molar-refractivity contribution in [3.05, 3.63) is 54.6 Å². The minimum absolute atomic E-state index is 0.438. The van der Waals surface area contributed by atoms with Crippen molar-refractivity contribution in [3.63, 3.8) is 0 Å². The highest BCUT2D eigenvalue weighted by molar-refractivity contribution is 6.16. The number of hydrogen-bond donors (Lipinski definition) is 1. The minimum Gasteiger partial charge on any atom is -0.467 e. The first-order valence-electron chi connectivity index (χ1n) is 6.96. The first-order chi connectivity index (χ1) is 10.4. The van der Waals surface area contributed by atoms with Crippen molar-refractivity contribution in [3.8, 4) is 0 Å². The summed E-state index contributed by atoms with van der Waals surface area (Å²) in [6.45, 7) is 6.90. The third kappa shape index (κ3) is 2.60. The summed E-state index contributed by atoms with van der Waals surface area (Å²) in [4.78, 5) is 24.3. The van der Waals surface area contributed by atoms with E-state index >= 15 is 0 Å². The lowest BCUT2D eigenvalue weighted by molar-refractivity contribution is -0.148. The number of aryl methyl sites for hydroxylation is 1. The van der Waals surface area contributed by atoms with Crippen molar-refractivity contribution in [1.82, 2.24) is 0 Å². The average molecular weight is 297 g/mol. The molecule has 0 heterocycles. The summed E-state index contributed by atoms with van der Waals surface area (Å²) in [7, 11) is 1.26. The molecule has 2 aromatic rings. The van der Waals surface area contributed by atoms with Gasteiger partial charge in [-0.2, -0.15) is 0 Å². The standard InChI is InChI=1S/C18H19NO3/c1-5-15(20)18(3,17(21)22-4)19-16-12(2)10-11-13-8-6-7-9-14(13)16/h5-11,19H,1H2,2-4H3/t18-/m1/s1. The van der Waals surface area contributed by atoms with Gasteiger partial charge < -0.3 is 10.1 Å². The molecule has 0 amide bonds. The Balaban J connectivity index is 2.60. The van der Waals surface area contributed by atoms with E-state index < -0.39 is 17.3 Å². The topological polar surface area (TPSA) is 55.4 Å². The van der Waals surface area contributed by atoms with Crippen LogP contribution in [0.15, 0.2) is 49.1 Å². The molecule has 0 saturated carbocycles. The number of fused-ring (bicyclic) bond motifs is 1. The molecular weight excluding hydrogens is 278 g/mol. The second kappa shape index (κ2) is 6.02. The van der Waals surface area contributed by atoms with Crippen LogP contribution in [0.1, 0.15) is 12.5 Å². The van der Waals surface area contributed by atoms with Crippen molar-refractivity contribution in [1.29, 1.82) is 0 Å². The molecule has 4 heteroatoms. The van der Waals surface area contributed by atoms with Gasteiger partial charge in [0.2, 0.25) is 0 Å². The summed E-state index contributed by atoms with van der Waals surface area (Å²) in [6.07, 6.45) is 1.13. The molecule has 0 aliphatic heterocycles. The van der Waals surface area contributed by atoms with E-state index in [9.17, 15) is 9.59 Å². The van der Waals surface area contributed by atoms with Gasteiger partial charge in [0.1, 0.15) is 0 Å². The van der Waals surface area contributed by atoms with Crippen molar-refractivity contribution < 1.29 is 14.3 Å². The van der Waals surface area contributed by atoms with Gasteiger partial charge in [-0.05, 0) is 30.9 Å². The van der Waals surface area contributed by atoms with Crippen molar-refractivity contribution in [2.24, 2.45) is 0 Å². The van der Waals surface area contributed by atoms with Gasteiger partial charge in [0, 0.05) is 11.1 Å². The molecule has 0 spiro atoms. The number of carbonyl (C=O) groups is 2. The van der Waals surface area contributed by atoms with Gasteiger partial charge in [0.15, 0.2) is 11.3 Å². The van der Waals surface area contributed by atoms with Crippen LogP contribution in [0.3, 0.4) is 0 Å². The molecule has 4 nitrogen and oxygen atoms in total. The van der Waals surface area contributed by atoms with Crippen LogP contribution in [0, 0.1) is 6.92 Å². The van der Waals surface area contributed by atoms with E-state index in [1.807, 2.05) is 43.3 Å². The Morgan fingerprint density at radius 1 is 1.23 bits per heavy atom. The Labute approximate surface area is 129 Å². The Bertz CT molecular complexity index is 751. The number of esters is 1. The number of anilines is 1. The molecule has 0 saturated heterocycles. The highest BCUT2D eigenvalue weighted by atomic mass is 16.5. The molecule has 0 unspecified atom stereocenters. The lowest BCUT2D eigenvalue weighted by atomic mass is 9.94. The fourth-order valence-electron chi connectivity index (χ4n) is 2.42. The lowest BCUT2D eigenvalue weighted by Gasteiger charge is -2.28. The summed E-state index contributed by atoms with van der Waals surface area (Å²) < 4.78 is 4.79. The molecule has 114 valence electrons. The van der Waals surface area contributed by atoms with Gasteiger partial charge in [-0.15, -0.1) is 0 Å². The average Bonchev–Trinajstić information content (AvgIpc) is 2.55. The Morgan fingerprint density at radius 2 is 1.91 bits per heavy atom. The van der Waals surface area contributed by atoms with E-state index in [-0.39, 0.29) is 0 Å². The second-order valence-electron chi connectivity index (χ2n) is 5.29. The van der Waals surface area contributed by atoms with Crippen molar-refractivity contribution in [2.75, 3.05) is 12.4 Å². The number of rotatable bonds is 5. The van der Waals surface area contributed by atoms with Gasteiger partial charge >= 0.3 is 5.97 Å². The van der Waals surface area contributed by atoms with Crippen LogP contribution < -0.4 is 5.32 Å². The van der Waals surface area contributed by atoms with Gasteiger partial charge in [-0.3, -0.25) is 4.79 Å². The maximum Gasteiger partial charge on any atom is 0.339 e. The molecule has 1 atom stereocenters. The summed E-state index contributed by atoms with van der Waals surface area (Å²) in [5.74, 6) is -1.09. The summed E-state index contributed by atoms with van der Waals surface area (Å²) in [6, 6.07) is 11.7. The van der Waals surface area contributed by atoms with Crippen LogP contribution in [0.2, 0.25) is 0 Å². The zero-order valence-electron chi connectivity index (χ0n) is 13.0. The second-order valence-corrected chi connectivity index (χ2v) is 5.29. The largest absolute Gasteiger partial charge is 0.467 e. The quantitative estimate of drug-likeness (QED) is 0.523. The third-order valence-electron chi connectivity index (χ3n) is 3.78. The number of nitrogens with one attached hydrogen (secondary N) is 1. The molecule has 0 radical (unpaired) electrons. The Hall–Kier alpha value is -2.62. The van der Waals surface area contributed by atoms with Crippen molar-refractivity contribution in [2.45, 2.75) is 19.4 Å². The zero-order chi connectivity index (χ0) is 16.3. The molecule has 2 aromatic carbocycles. The van der Waals surface area contributed by atoms with Crippen LogP contribution in [0.5, 0.6) is 0 Å². The molecule has 22 heavy (non-hydrogen) atoms. The van der Waals surface area contributed by atoms with E-state index in [0.29, 0.717) is 0 Å². The van der Waals surface area contributed by atoms with Gasteiger partial charge in [0.25, 0.3) is 0 Å². The Kier molecular flexibility index (Phi) is 4.31. The fraction of sp³-hybridized carbons (Fsp3) is 0.222. The zero-order valence-corrected chi connectivity index (χ0v) is 13.0. The number of benzene rings is 2. The molecule has 0 aliphatic rings. The number of methoxy groups -OCH3 is 1. The van der Waals surface area contributed by atoms with E-state index in [0.717, 1.165) is 28.1 Å². The minimum atomic E-state index is -1.51. The fourth-order valence-corrected chi connectivity index (χ4v) is 2.42. The van der Waals surface area contributed by atoms with Crippen LogP contribution in [0.25, 0.3) is 10.8 Å². The Morgan fingerprint density at radius 3 is 2.55 bits per heavy atom. The first kappa shape index (κ1) is 15.8. The van der Waals surface area contributed by atoms with E-state index in [1.54, 1.807) is 0 Å². The molecule has 0 aliphatic carbocycles. The summed E-state index contributed by atoms with van der Waals surface area (Å²) >= 11 is 0. The maximum absolute atomic E-state index is 12.2. The first-order valence-corrected chi connectivity index (χ1v) is 6.96. The number of ether oxygens (including phenoxy) is 1. The van der Waals surface area contributed by atoms with Crippen molar-refractivity contribution >= 4 is 28.2 Å². The van der Waals surface area contributed by atoms with Gasteiger partial charge in [0.05, 0.1) is 7.11 Å². The normalized spacial score (nSPS) is 13.2. The van der Waals surface area contributed by atoms with Gasteiger partial charge in [-0.25, -0.2) is 4.79 Å². The monoisotopic (exact) mass is 297 g/mol.